The van der Waals surface area contributed by atoms with Gasteiger partial charge in [0.05, 0.1) is 5.56 Å². The zero-order valence-electron chi connectivity index (χ0n) is 15.0. The number of alkyl halides is 3. The van der Waals surface area contributed by atoms with Crippen LogP contribution < -0.4 is 14.4 Å². The van der Waals surface area contributed by atoms with Crippen LogP contribution >= 0.6 is 0 Å². The summed E-state index contributed by atoms with van der Waals surface area (Å²) in [6, 6.07) is 12.4. The fourth-order valence-corrected chi connectivity index (χ4v) is 3.41. The van der Waals surface area contributed by atoms with E-state index in [1.54, 1.807) is 23.1 Å². The molecular weight excluding hydrogens is 373 g/mol. The third-order valence-corrected chi connectivity index (χ3v) is 4.91. The van der Waals surface area contributed by atoms with E-state index in [0.717, 1.165) is 12.1 Å². The molecule has 2 heterocycles. The minimum atomic E-state index is -4.37. The van der Waals surface area contributed by atoms with Gasteiger partial charge in [-0.25, -0.2) is 0 Å². The number of para-hydroxylation sites is 2. The number of piperazine rings is 1. The monoisotopic (exact) mass is 392 g/mol. The summed E-state index contributed by atoms with van der Waals surface area (Å²) in [7, 11) is 0. The van der Waals surface area contributed by atoms with Crippen molar-refractivity contribution in [3.63, 3.8) is 0 Å². The van der Waals surface area contributed by atoms with Crippen molar-refractivity contribution in [2.75, 3.05) is 37.7 Å². The molecule has 1 saturated heterocycles. The van der Waals surface area contributed by atoms with Gasteiger partial charge in [0.15, 0.2) is 11.5 Å². The van der Waals surface area contributed by atoms with Crippen LogP contribution in [-0.4, -0.2) is 49.7 Å². The van der Waals surface area contributed by atoms with Gasteiger partial charge in [0.25, 0.3) is 5.91 Å². The van der Waals surface area contributed by atoms with Crippen LogP contribution in [0.1, 0.15) is 5.56 Å². The van der Waals surface area contributed by atoms with Gasteiger partial charge in [0.1, 0.15) is 6.61 Å². The lowest BCUT2D eigenvalue weighted by atomic mass is 10.1. The Bertz CT molecular complexity index is 864. The van der Waals surface area contributed by atoms with Gasteiger partial charge in [-0.05, 0) is 30.3 Å². The highest BCUT2D eigenvalue weighted by Gasteiger charge is 2.34. The van der Waals surface area contributed by atoms with Crippen molar-refractivity contribution in [1.82, 2.24) is 4.90 Å². The Morgan fingerprint density at radius 2 is 1.68 bits per heavy atom. The first-order valence-electron chi connectivity index (χ1n) is 9.01. The molecule has 0 spiro atoms. The fourth-order valence-electron chi connectivity index (χ4n) is 3.41. The number of halogens is 3. The van der Waals surface area contributed by atoms with Crippen molar-refractivity contribution < 1.29 is 27.4 Å². The summed E-state index contributed by atoms with van der Waals surface area (Å²) in [4.78, 5) is 16.3. The third kappa shape index (κ3) is 3.72. The van der Waals surface area contributed by atoms with Gasteiger partial charge in [-0.2, -0.15) is 13.2 Å². The van der Waals surface area contributed by atoms with E-state index in [-0.39, 0.29) is 12.5 Å². The van der Waals surface area contributed by atoms with Gasteiger partial charge >= 0.3 is 6.18 Å². The first kappa shape index (κ1) is 18.5. The van der Waals surface area contributed by atoms with Gasteiger partial charge in [0, 0.05) is 31.9 Å². The van der Waals surface area contributed by atoms with Crippen LogP contribution in [0.3, 0.4) is 0 Å². The molecule has 28 heavy (non-hydrogen) atoms. The molecule has 4 rings (SSSR count). The predicted molar refractivity (Wildman–Crippen MR) is 96.6 cm³/mol. The van der Waals surface area contributed by atoms with Crippen LogP contribution in [0.4, 0.5) is 18.9 Å². The molecule has 0 saturated carbocycles. The number of anilines is 1. The molecule has 2 aliphatic rings. The van der Waals surface area contributed by atoms with Crippen molar-refractivity contribution >= 4 is 11.6 Å². The van der Waals surface area contributed by atoms with Crippen molar-refractivity contribution in [3.8, 4) is 11.5 Å². The second kappa shape index (κ2) is 7.26. The van der Waals surface area contributed by atoms with E-state index < -0.39 is 17.8 Å². The van der Waals surface area contributed by atoms with E-state index in [4.69, 9.17) is 9.47 Å². The zero-order chi connectivity index (χ0) is 19.7. The number of hydrogen-bond donors (Lipinski definition) is 0. The molecule has 0 aromatic heterocycles. The number of rotatable bonds is 2. The minimum absolute atomic E-state index is 0.143. The molecule has 1 amide bonds. The Morgan fingerprint density at radius 1 is 0.964 bits per heavy atom. The molecule has 2 aliphatic heterocycles. The molecule has 0 N–H and O–H groups in total. The number of amides is 1. The SMILES string of the molecule is O=C(C1COc2ccccc2O1)N1CCN(c2cccc(C(F)(F)F)c2)CC1. The third-order valence-electron chi connectivity index (χ3n) is 4.91. The normalized spacial score (nSPS) is 19.5. The van der Waals surface area contributed by atoms with E-state index in [1.165, 1.54) is 6.07 Å². The summed E-state index contributed by atoms with van der Waals surface area (Å²) >= 11 is 0. The summed E-state index contributed by atoms with van der Waals surface area (Å²) in [5.41, 5.74) is -0.164. The molecule has 2 aromatic rings. The van der Waals surface area contributed by atoms with E-state index in [0.29, 0.717) is 43.4 Å². The number of carbonyl (C=O) groups is 1. The molecule has 148 valence electrons. The maximum Gasteiger partial charge on any atom is 0.416 e. The van der Waals surface area contributed by atoms with Crippen LogP contribution in [-0.2, 0) is 11.0 Å². The van der Waals surface area contributed by atoms with Gasteiger partial charge in [-0.3, -0.25) is 4.79 Å². The first-order chi connectivity index (χ1) is 13.4. The molecular formula is C20H19F3N2O3. The van der Waals surface area contributed by atoms with Gasteiger partial charge < -0.3 is 19.3 Å². The Hall–Kier alpha value is -2.90. The Morgan fingerprint density at radius 3 is 2.39 bits per heavy atom. The van der Waals surface area contributed by atoms with Crippen LogP contribution in [0.5, 0.6) is 11.5 Å². The van der Waals surface area contributed by atoms with E-state index in [2.05, 4.69) is 0 Å². The molecule has 1 atom stereocenters. The summed E-state index contributed by atoms with van der Waals surface area (Å²) in [5.74, 6) is 0.980. The lowest BCUT2D eigenvalue weighted by Crippen LogP contribution is -2.54. The summed E-state index contributed by atoms with van der Waals surface area (Å²) in [5, 5.41) is 0. The maximum absolute atomic E-state index is 12.9. The highest BCUT2D eigenvalue weighted by molar-refractivity contribution is 5.82. The first-order valence-corrected chi connectivity index (χ1v) is 9.01. The quantitative estimate of drug-likeness (QED) is 0.787. The van der Waals surface area contributed by atoms with Crippen molar-refractivity contribution in [2.45, 2.75) is 12.3 Å². The van der Waals surface area contributed by atoms with Crippen molar-refractivity contribution in [2.24, 2.45) is 0 Å². The lowest BCUT2D eigenvalue weighted by Gasteiger charge is -2.38. The summed E-state index contributed by atoms with van der Waals surface area (Å²) in [6.07, 6.45) is -5.09. The van der Waals surface area contributed by atoms with Crippen LogP contribution in [0, 0.1) is 0 Å². The lowest BCUT2D eigenvalue weighted by molar-refractivity contribution is -0.141. The average molecular weight is 392 g/mol. The summed E-state index contributed by atoms with van der Waals surface area (Å²) in [6.45, 7) is 1.88. The van der Waals surface area contributed by atoms with Crippen molar-refractivity contribution in [3.05, 3.63) is 54.1 Å². The average Bonchev–Trinajstić information content (AvgIpc) is 2.72. The molecule has 0 radical (unpaired) electrons. The van der Waals surface area contributed by atoms with Crippen molar-refractivity contribution in [1.29, 1.82) is 0 Å². The van der Waals surface area contributed by atoms with Gasteiger partial charge in [0.2, 0.25) is 6.10 Å². The number of fused-ring (bicyclic) bond motifs is 1. The second-order valence-corrected chi connectivity index (χ2v) is 6.72. The largest absolute Gasteiger partial charge is 0.485 e. The smallest absolute Gasteiger partial charge is 0.416 e. The molecule has 5 nitrogen and oxygen atoms in total. The zero-order valence-corrected chi connectivity index (χ0v) is 15.0. The van der Waals surface area contributed by atoms with Gasteiger partial charge in [-0.1, -0.05) is 18.2 Å². The number of ether oxygens (including phenoxy) is 2. The maximum atomic E-state index is 12.9. The minimum Gasteiger partial charge on any atom is -0.485 e. The van der Waals surface area contributed by atoms with Crippen LogP contribution in [0.2, 0.25) is 0 Å². The number of benzene rings is 2. The molecule has 0 bridgehead atoms. The Labute approximate surface area is 160 Å². The molecule has 1 fully saturated rings. The summed E-state index contributed by atoms with van der Waals surface area (Å²) < 4.78 is 50.1. The van der Waals surface area contributed by atoms with Crippen LogP contribution in [0.25, 0.3) is 0 Å². The number of nitrogens with zero attached hydrogens (tertiary/aromatic N) is 2. The number of carbonyl (C=O) groups excluding carboxylic acids is 1. The Kier molecular flexibility index (Phi) is 4.78. The molecule has 0 aliphatic carbocycles. The van der Waals surface area contributed by atoms with E-state index in [9.17, 15) is 18.0 Å². The number of hydrogen-bond acceptors (Lipinski definition) is 4. The molecule has 1 unspecified atom stereocenters. The Balaban J connectivity index is 1.38. The topological polar surface area (TPSA) is 42.0 Å². The molecule has 8 heteroatoms. The fraction of sp³-hybridized carbons (Fsp3) is 0.350. The van der Waals surface area contributed by atoms with E-state index >= 15 is 0 Å². The van der Waals surface area contributed by atoms with Crippen LogP contribution in [0.15, 0.2) is 48.5 Å². The highest BCUT2D eigenvalue weighted by Crippen LogP contribution is 2.33. The standard InChI is InChI=1S/C20H19F3N2O3/c21-20(22,23)14-4-3-5-15(12-14)24-8-10-25(11-9-24)19(26)18-13-27-16-6-1-2-7-17(16)28-18/h1-7,12,18H,8-11,13H2. The van der Waals surface area contributed by atoms with Gasteiger partial charge in [-0.15, -0.1) is 0 Å². The molecule has 2 aromatic carbocycles. The predicted octanol–water partition coefficient (Wildman–Crippen LogP) is 3.19. The highest BCUT2D eigenvalue weighted by atomic mass is 19.4. The second-order valence-electron chi connectivity index (χ2n) is 6.72. The van der Waals surface area contributed by atoms with E-state index in [1.807, 2.05) is 17.0 Å².